The summed E-state index contributed by atoms with van der Waals surface area (Å²) in [4.78, 5) is 13.5. The summed E-state index contributed by atoms with van der Waals surface area (Å²) in [6, 6.07) is 9.49. The summed E-state index contributed by atoms with van der Waals surface area (Å²) < 4.78 is 5.46. The van der Waals surface area contributed by atoms with Crippen molar-refractivity contribution >= 4 is 11.7 Å². The molecule has 4 nitrogen and oxygen atoms in total. The molecule has 17 heavy (non-hydrogen) atoms. The minimum absolute atomic E-state index is 0.0910. The van der Waals surface area contributed by atoms with Crippen molar-refractivity contribution in [2.24, 2.45) is 0 Å². The molecular weight excluding hydrogens is 216 g/mol. The predicted molar refractivity (Wildman–Crippen MR) is 67.2 cm³/mol. The lowest BCUT2D eigenvalue weighted by Gasteiger charge is -2.19. The molecule has 1 aliphatic heterocycles. The number of carbonyl (C=O) groups is 1. The van der Waals surface area contributed by atoms with E-state index in [0.717, 1.165) is 25.1 Å². The summed E-state index contributed by atoms with van der Waals surface area (Å²) >= 11 is 0. The summed E-state index contributed by atoms with van der Waals surface area (Å²) in [6.07, 6.45) is 2.31. The number of ether oxygens (including phenoxy) is 1. The Morgan fingerprint density at radius 3 is 2.88 bits per heavy atom. The summed E-state index contributed by atoms with van der Waals surface area (Å²) in [5.74, 6) is 0. The van der Waals surface area contributed by atoms with Crippen molar-refractivity contribution in [1.82, 2.24) is 5.32 Å². The Hall–Kier alpha value is -1.55. The third kappa shape index (κ3) is 3.20. The minimum Gasteiger partial charge on any atom is -0.376 e. The fraction of sp³-hybridized carbons (Fsp3) is 0.462. The highest BCUT2D eigenvalue weighted by atomic mass is 16.5. The van der Waals surface area contributed by atoms with Gasteiger partial charge in [0.05, 0.1) is 6.10 Å². The number of para-hydroxylation sites is 1. The van der Waals surface area contributed by atoms with Crippen LogP contribution in [0.25, 0.3) is 0 Å². The molecule has 92 valence electrons. The Balaban J connectivity index is 1.83. The molecule has 1 saturated heterocycles. The van der Waals surface area contributed by atoms with E-state index in [0.29, 0.717) is 6.54 Å². The maximum Gasteiger partial charge on any atom is 0.321 e. The Bertz CT molecular complexity index is 361. The van der Waals surface area contributed by atoms with Crippen molar-refractivity contribution in [3.8, 4) is 0 Å². The molecule has 0 saturated carbocycles. The molecule has 0 bridgehead atoms. The Labute approximate surface area is 102 Å². The van der Waals surface area contributed by atoms with Gasteiger partial charge in [-0.1, -0.05) is 18.2 Å². The average molecular weight is 234 g/mol. The first kappa shape index (κ1) is 11.9. The third-order valence-corrected chi connectivity index (χ3v) is 2.95. The normalized spacial score (nSPS) is 19.0. The van der Waals surface area contributed by atoms with Crippen molar-refractivity contribution in [3.05, 3.63) is 30.3 Å². The zero-order valence-electron chi connectivity index (χ0n) is 10.1. The first-order valence-corrected chi connectivity index (χ1v) is 5.95. The number of hydrogen-bond donors (Lipinski definition) is 1. The second-order valence-corrected chi connectivity index (χ2v) is 4.22. The van der Waals surface area contributed by atoms with Crippen LogP contribution in [0.15, 0.2) is 30.3 Å². The molecule has 2 rings (SSSR count). The lowest BCUT2D eigenvalue weighted by atomic mass is 10.2. The van der Waals surface area contributed by atoms with E-state index < -0.39 is 0 Å². The number of nitrogens with one attached hydrogen (secondary N) is 1. The van der Waals surface area contributed by atoms with E-state index in [1.807, 2.05) is 30.3 Å². The van der Waals surface area contributed by atoms with E-state index in [-0.39, 0.29) is 12.1 Å². The van der Waals surface area contributed by atoms with Crippen LogP contribution in [-0.4, -0.2) is 32.3 Å². The highest BCUT2D eigenvalue weighted by molar-refractivity contribution is 5.91. The van der Waals surface area contributed by atoms with E-state index >= 15 is 0 Å². The van der Waals surface area contributed by atoms with Gasteiger partial charge in [-0.15, -0.1) is 0 Å². The van der Waals surface area contributed by atoms with E-state index in [9.17, 15) is 4.79 Å². The second-order valence-electron chi connectivity index (χ2n) is 4.22. The van der Waals surface area contributed by atoms with E-state index in [4.69, 9.17) is 4.74 Å². The highest BCUT2D eigenvalue weighted by Crippen LogP contribution is 2.12. The molecular formula is C13H18N2O2. The first-order chi connectivity index (χ1) is 8.27. The van der Waals surface area contributed by atoms with Crippen LogP contribution >= 0.6 is 0 Å². The molecule has 0 spiro atoms. The zero-order valence-corrected chi connectivity index (χ0v) is 10.1. The second kappa shape index (κ2) is 5.68. The molecule has 0 aliphatic carbocycles. The Morgan fingerprint density at radius 1 is 1.47 bits per heavy atom. The molecule has 1 aliphatic rings. The fourth-order valence-electron chi connectivity index (χ4n) is 1.89. The van der Waals surface area contributed by atoms with Crippen LogP contribution in [0.5, 0.6) is 0 Å². The molecule has 1 heterocycles. The van der Waals surface area contributed by atoms with Crippen molar-refractivity contribution in [2.75, 3.05) is 25.1 Å². The number of anilines is 1. The standard InChI is InChI=1S/C13H18N2O2/c1-15(11-6-3-2-4-7-11)13(16)14-10-12-8-5-9-17-12/h2-4,6-7,12H,5,8-10H2,1H3,(H,14,16). The quantitative estimate of drug-likeness (QED) is 0.869. The van der Waals surface area contributed by atoms with Crippen LogP contribution in [0, 0.1) is 0 Å². The number of carbonyl (C=O) groups excluding carboxylic acids is 1. The molecule has 1 N–H and O–H groups in total. The van der Waals surface area contributed by atoms with Crippen LogP contribution in [0.1, 0.15) is 12.8 Å². The smallest absolute Gasteiger partial charge is 0.321 e. The van der Waals surface area contributed by atoms with E-state index in [1.165, 1.54) is 0 Å². The maximum absolute atomic E-state index is 11.9. The molecule has 4 heteroatoms. The molecule has 1 aromatic rings. The highest BCUT2D eigenvalue weighted by Gasteiger charge is 2.17. The van der Waals surface area contributed by atoms with Crippen LogP contribution < -0.4 is 10.2 Å². The molecule has 1 fully saturated rings. The van der Waals surface area contributed by atoms with Gasteiger partial charge in [0.15, 0.2) is 0 Å². The zero-order chi connectivity index (χ0) is 12.1. The number of urea groups is 1. The molecule has 1 atom stereocenters. The molecule has 2 amide bonds. The van der Waals surface area contributed by atoms with Gasteiger partial charge >= 0.3 is 6.03 Å². The van der Waals surface area contributed by atoms with Gasteiger partial charge in [0, 0.05) is 25.9 Å². The Morgan fingerprint density at radius 2 is 2.24 bits per heavy atom. The molecule has 1 aromatic carbocycles. The summed E-state index contributed by atoms with van der Waals surface area (Å²) in [6.45, 7) is 1.41. The maximum atomic E-state index is 11.9. The molecule has 0 radical (unpaired) electrons. The van der Waals surface area contributed by atoms with E-state index in [2.05, 4.69) is 5.32 Å². The van der Waals surface area contributed by atoms with Crippen molar-refractivity contribution < 1.29 is 9.53 Å². The van der Waals surface area contributed by atoms with Crippen LogP contribution in [0.3, 0.4) is 0 Å². The van der Waals surface area contributed by atoms with Gasteiger partial charge in [0.1, 0.15) is 0 Å². The molecule has 1 unspecified atom stereocenters. The number of rotatable bonds is 3. The van der Waals surface area contributed by atoms with Crippen molar-refractivity contribution in [1.29, 1.82) is 0 Å². The van der Waals surface area contributed by atoms with Gasteiger partial charge in [-0.25, -0.2) is 4.79 Å². The summed E-state index contributed by atoms with van der Waals surface area (Å²) in [5, 5.41) is 2.88. The minimum atomic E-state index is -0.0910. The first-order valence-electron chi connectivity index (χ1n) is 5.95. The van der Waals surface area contributed by atoms with Gasteiger partial charge in [0.2, 0.25) is 0 Å². The number of amides is 2. The Kier molecular flexibility index (Phi) is 3.98. The van der Waals surface area contributed by atoms with Gasteiger partial charge in [0.25, 0.3) is 0 Å². The van der Waals surface area contributed by atoms with Gasteiger partial charge in [-0.2, -0.15) is 0 Å². The van der Waals surface area contributed by atoms with Gasteiger partial charge in [-0.3, -0.25) is 4.90 Å². The third-order valence-electron chi connectivity index (χ3n) is 2.95. The summed E-state index contributed by atoms with van der Waals surface area (Å²) in [5.41, 5.74) is 0.886. The average Bonchev–Trinajstić information content (AvgIpc) is 2.89. The lowest BCUT2D eigenvalue weighted by molar-refractivity contribution is 0.111. The largest absolute Gasteiger partial charge is 0.376 e. The van der Waals surface area contributed by atoms with Crippen LogP contribution in [0.4, 0.5) is 10.5 Å². The molecule has 0 aromatic heterocycles. The monoisotopic (exact) mass is 234 g/mol. The predicted octanol–water partition coefficient (Wildman–Crippen LogP) is 2.01. The fourth-order valence-corrected chi connectivity index (χ4v) is 1.89. The van der Waals surface area contributed by atoms with Gasteiger partial charge in [-0.05, 0) is 25.0 Å². The van der Waals surface area contributed by atoms with Gasteiger partial charge < -0.3 is 10.1 Å². The van der Waals surface area contributed by atoms with E-state index in [1.54, 1.807) is 11.9 Å². The lowest BCUT2D eigenvalue weighted by Crippen LogP contribution is -2.40. The SMILES string of the molecule is CN(C(=O)NCC1CCCO1)c1ccccc1. The van der Waals surface area contributed by atoms with Crippen molar-refractivity contribution in [2.45, 2.75) is 18.9 Å². The summed E-state index contributed by atoms with van der Waals surface area (Å²) in [7, 11) is 1.76. The number of hydrogen-bond acceptors (Lipinski definition) is 2. The van der Waals surface area contributed by atoms with Crippen LogP contribution in [0.2, 0.25) is 0 Å². The van der Waals surface area contributed by atoms with Crippen molar-refractivity contribution in [3.63, 3.8) is 0 Å². The topological polar surface area (TPSA) is 41.6 Å². The number of benzene rings is 1. The number of nitrogens with zero attached hydrogens (tertiary/aromatic N) is 1. The van der Waals surface area contributed by atoms with Crippen LogP contribution in [-0.2, 0) is 4.74 Å².